The molecule has 0 aliphatic rings. The SMILES string of the molecule is Cc1c(NCc2cc(Cl)cc(Cl)c2)cccc1C(N)=O. The average Bonchev–Trinajstić information content (AvgIpc) is 2.36. The summed E-state index contributed by atoms with van der Waals surface area (Å²) in [4.78, 5) is 11.3. The molecule has 3 N–H and O–H groups in total. The van der Waals surface area contributed by atoms with Gasteiger partial charge in [-0.15, -0.1) is 0 Å². The third kappa shape index (κ3) is 3.44. The Balaban J connectivity index is 2.19. The van der Waals surface area contributed by atoms with Crippen molar-refractivity contribution in [3.05, 3.63) is 63.1 Å². The maximum Gasteiger partial charge on any atom is 0.249 e. The van der Waals surface area contributed by atoms with E-state index in [9.17, 15) is 4.79 Å². The number of halogens is 2. The minimum Gasteiger partial charge on any atom is -0.381 e. The van der Waals surface area contributed by atoms with Gasteiger partial charge in [0.15, 0.2) is 0 Å². The van der Waals surface area contributed by atoms with E-state index in [1.165, 1.54) is 0 Å². The van der Waals surface area contributed by atoms with Crippen LogP contribution in [0.3, 0.4) is 0 Å². The molecule has 0 radical (unpaired) electrons. The second-order valence-electron chi connectivity index (χ2n) is 4.47. The van der Waals surface area contributed by atoms with Gasteiger partial charge in [-0.2, -0.15) is 0 Å². The lowest BCUT2D eigenvalue weighted by atomic mass is 10.1. The molecule has 0 spiro atoms. The second kappa shape index (κ2) is 6.16. The Hall–Kier alpha value is -1.71. The summed E-state index contributed by atoms with van der Waals surface area (Å²) in [6.45, 7) is 2.41. The van der Waals surface area contributed by atoms with Gasteiger partial charge in [-0.3, -0.25) is 4.79 Å². The summed E-state index contributed by atoms with van der Waals surface area (Å²) < 4.78 is 0. The standard InChI is InChI=1S/C15H14Cl2N2O/c1-9-13(15(18)20)3-2-4-14(9)19-8-10-5-11(16)7-12(17)6-10/h2-7,19H,8H2,1H3,(H2,18,20). The van der Waals surface area contributed by atoms with Crippen molar-refractivity contribution in [2.45, 2.75) is 13.5 Å². The Morgan fingerprint density at radius 3 is 2.45 bits per heavy atom. The number of amides is 1. The van der Waals surface area contributed by atoms with Gasteiger partial charge in [-0.1, -0.05) is 29.3 Å². The molecular formula is C15H14Cl2N2O. The molecule has 2 aromatic carbocycles. The summed E-state index contributed by atoms with van der Waals surface area (Å²) in [5.74, 6) is -0.433. The Morgan fingerprint density at radius 1 is 1.20 bits per heavy atom. The summed E-state index contributed by atoms with van der Waals surface area (Å²) >= 11 is 11.9. The Labute approximate surface area is 127 Å². The maximum absolute atomic E-state index is 11.3. The van der Waals surface area contributed by atoms with Gasteiger partial charge in [0.1, 0.15) is 0 Å². The smallest absolute Gasteiger partial charge is 0.249 e. The van der Waals surface area contributed by atoms with E-state index in [2.05, 4.69) is 5.32 Å². The topological polar surface area (TPSA) is 55.1 Å². The molecule has 0 fully saturated rings. The van der Waals surface area contributed by atoms with Crippen molar-refractivity contribution < 1.29 is 4.79 Å². The van der Waals surface area contributed by atoms with Gasteiger partial charge in [0.25, 0.3) is 0 Å². The molecular weight excluding hydrogens is 295 g/mol. The van der Waals surface area contributed by atoms with E-state index in [0.717, 1.165) is 16.8 Å². The molecule has 0 saturated carbocycles. The van der Waals surface area contributed by atoms with Crippen molar-refractivity contribution in [2.24, 2.45) is 5.73 Å². The molecule has 3 nitrogen and oxygen atoms in total. The van der Waals surface area contributed by atoms with Crippen LogP contribution >= 0.6 is 23.2 Å². The molecule has 0 unspecified atom stereocenters. The van der Waals surface area contributed by atoms with Gasteiger partial charge >= 0.3 is 0 Å². The molecule has 2 rings (SSSR count). The van der Waals surface area contributed by atoms with Crippen LogP contribution in [0, 0.1) is 6.92 Å². The van der Waals surface area contributed by atoms with Crippen molar-refractivity contribution in [1.82, 2.24) is 0 Å². The van der Waals surface area contributed by atoms with Crippen LogP contribution in [-0.2, 0) is 6.54 Å². The van der Waals surface area contributed by atoms with Gasteiger partial charge in [0.05, 0.1) is 0 Å². The van der Waals surface area contributed by atoms with Gasteiger partial charge < -0.3 is 11.1 Å². The molecule has 5 heteroatoms. The number of nitrogens with two attached hydrogens (primary N) is 1. The second-order valence-corrected chi connectivity index (χ2v) is 5.35. The molecule has 0 aromatic heterocycles. The number of carbonyl (C=O) groups is 1. The largest absolute Gasteiger partial charge is 0.381 e. The van der Waals surface area contributed by atoms with Crippen LogP contribution in [0.4, 0.5) is 5.69 Å². The summed E-state index contributed by atoms with van der Waals surface area (Å²) in [7, 11) is 0. The number of hydrogen-bond acceptors (Lipinski definition) is 2. The quantitative estimate of drug-likeness (QED) is 0.896. The predicted molar refractivity (Wildman–Crippen MR) is 83.5 cm³/mol. The molecule has 1 amide bonds. The lowest BCUT2D eigenvalue weighted by molar-refractivity contribution is 0.1000. The van der Waals surface area contributed by atoms with Crippen molar-refractivity contribution in [2.75, 3.05) is 5.32 Å². The molecule has 0 heterocycles. The van der Waals surface area contributed by atoms with Crippen LogP contribution in [0.15, 0.2) is 36.4 Å². The first-order valence-electron chi connectivity index (χ1n) is 6.05. The average molecular weight is 309 g/mol. The third-order valence-electron chi connectivity index (χ3n) is 3.00. The van der Waals surface area contributed by atoms with E-state index >= 15 is 0 Å². The van der Waals surface area contributed by atoms with E-state index in [1.54, 1.807) is 18.2 Å². The Kier molecular flexibility index (Phi) is 4.53. The van der Waals surface area contributed by atoms with Crippen LogP contribution in [-0.4, -0.2) is 5.91 Å². The van der Waals surface area contributed by atoms with Gasteiger partial charge in [0.2, 0.25) is 5.91 Å². The van der Waals surface area contributed by atoms with Crippen molar-refractivity contribution in [3.8, 4) is 0 Å². The minimum atomic E-state index is -0.433. The summed E-state index contributed by atoms with van der Waals surface area (Å²) in [5, 5.41) is 4.44. The molecule has 104 valence electrons. The monoisotopic (exact) mass is 308 g/mol. The number of nitrogens with one attached hydrogen (secondary N) is 1. The number of benzene rings is 2. The zero-order chi connectivity index (χ0) is 14.7. The zero-order valence-corrected chi connectivity index (χ0v) is 12.4. The molecule has 0 aliphatic carbocycles. The lowest BCUT2D eigenvalue weighted by Crippen LogP contribution is -2.13. The van der Waals surface area contributed by atoms with Gasteiger partial charge in [-0.05, 0) is 48.4 Å². The van der Waals surface area contributed by atoms with E-state index in [1.807, 2.05) is 25.1 Å². The van der Waals surface area contributed by atoms with Crippen LogP contribution in [0.25, 0.3) is 0 Å². The fraction of sp³-hybridized carbons (Fsp3) is 0.133. The Morgan fingerprint density at radius 2 is 1.85 bits per heavy atom. The lowest BCUT2D eigenvalue weighted by Gasteiger charge is -2.12. The Bertz CT molecular complexity index is 636. The van der Waals surface area contributed by atoms with Crippen LogP contribution in [0.1, 0.15) is 21.5 Å². The molecule has 20 heavy (non-hydrogen) atoms. The highest BCUT2D eigenvalue weighted by atomic mass is 35.5. The summed E-state index contributed by atoms with van der Waals surface area (Å²) in [5.41, 5.74) is 8.49. The van der Waals surface area contributed by atoms with Gasteiger partial charge in [-0.25, -0.2) is 0 Å². The molecule has 2 aromatic rings. The van der Waals surface area contributed by atoms with Crippen molar-refractivity contribution in [3.63, 3.8) is 0 Å². The fourth-order valence-corrected chi connectivity index (χ4v) is 2.58. The van der Waals surface area contributed by atoms with Gasteiger partial charge in [0, 0.05) is 27.8 Å². The van der Waals surface area contributed by atoms with E-state index in [-0.39, 0.29) is 0 Å². The molecule has 0 saturated heterocycles. The number of primary amides is 1. The minimum absolute atomic E-state index is 0.433. The predicted octanol–water partition coefficient (Wildman–Crippen LogP) is 4.01. The van der Waals surface area contributed by atoms with Crippen molar-refractivity contribution >= 4 is 34.8 Å². The fourth-order valence-electron chi connectivity index (χ4n) is 2.00. The van der Waals surface area contributed by atoms with Crippen LogP contribution < -0.4 is 11.1 Å². The molecule has 0 bridgehead atoms. The number of rotatable bonds is 4. The third-order valence-corrected chi connectivity index (χ3v) is 3.44. The number of carbonyl (C=O) groups excluding carboxylic acids is 1. The number of anilines is 1. The normalized spacial score (nSPS) is 10.3. The highest BCUT2D eigenvalue weighted by Gasteiger charge is 2.08. The first-order chi connectivity index (χ1) is 9.47. The highest BCUT2D eigenvalue weighted by Crippen LogP contribution is 2.22. The number of hydrogen-bond donors (Lipinski definition) is 2. The van der Waals surface area contributed by atoms with E-state index < -0.39 is 5.91 Å². The van der Waals surface area contributed by atoms with Crippen molar-refractivity contribution in [1.29, 1.82) is 0 Å². The maximum atomic E-state index is 11.3. The summed E-state index contributed by atoms with van der Waals surface area (Å²) in [6, 6.07) is 10.8. The highest BCUT2D eigenvalue weighted by molar-refractivity contribution is 6.34. The summed E-state index contributed by atoms with van der Waals surface area (Å²) in [6.07, 6.45) is 0. The van der Waals surface area contributed by atoms with E-state index in [0.29, 0.717) is 22.2 Å². The van der Waals surface area contributed by atoms with Crippen LogP contribution in [0.5, 0.6) is 0 Å². The molecule has 0 aliphatic heterocycles. The molecule has 0 atom stereocenters. The first kappa shape index (κ1) is 14.7. The van der Waals surface area contributed by atoms with E-state index in [4.69, 9.17) is 28.9 Å². The van der Waals surface area contributed by atoms with Crippen LogP contribution in [0.2, 0.25) is 10.0 Å². The zero-order valence-electron chi connectivity index (χ0n) is 10.9. The first-order valence-corrected chi connectivity index (χ1v) is 6.81.